The molecular formula is C25H39N5O2. The molecule has 7 heteroatoms. The molecule has 3 aliphatic rings. The van der Waals surface area contributed by atoms with Gasteiger partial charge < -0.3 is 9.80 Å². The molecule has 0 atom stereocenters. The molecule has 176 valence electrons. The largest absolute Gasteiger partial charge is 0.340 e. The second-order valence-corrected chi connectivity index (χ2v) is 9.88. The second-order valence-electron chi connectivity index (χ2n) is 9.88. The summed E-state index contributed by atoms with van der Waals surface area (Å²) in [5, 5.41) is 1.47. The average Bonchev–Trinajstić information content (AvgIpc) is 2.84. The fourth-order valence-corrected chi connectivity index (χ4v) is 5.36. The van der Waals surface area contributed by atoms with Gasteiger partial charge in [0, 0.05) is 50.2 Å². The Morgan fingerprint density at radius 3 is 2.34 bits per heavy atom. The maximum atomic E-state index is 12.9. The van der Waals surface area contributed by atoms with Gasteiger partial charge in [0.2, 0.25) is 5.91 Å². The molecule has 0 unspecified atom stereocenters. The van der Waals surface area contributed by atoms with Crippen molar-refractivity contribution in [2.75, 3.05) is 46.3 Å². The van der Waals surface area contributed by atoms with Crippen LogP contribution < -0.4 is 5.84 Å². The van der Waals surface area contributed by atoms with Crippen LogP contribution in [-0.4, -0.2) is 83.9 Å². The molecule has 2 amide bonds. The number of nitrogens with zero attached hydrogens (tertiary/aromatic N) is 4. The molecule has 1 saturated carbocycles. The third-order valence-corrected chi connectivity index (χ3v) is 7.53. The molecule has 1 aromatic rings. The van der Waals surface area contributed by atoms with E-state index in [2.05, 4.69) is 27.8 Å². The highest BCUT2D eigenvalue weighted by Gasteiger charge is 2.30. The molecule has 1 aromatic carbocycles. The summed E-state index contributed by atoms with van der Waals surface area (Å²) in [6, 6.07) is 8.07. The highest BCUT2D eigenvalue weighted by molar-refractivity contribution is 5.94. The Balaban J connectivity index is 1.28. The van der Waals surface area contributed by atoms with Crippen LogP contribution in [0.1, 0.15) is 60.9 Å². The van der Waals surface area contributed by atoms with Crippen LogP contribution in [0.25, 0.3) is 0 Å². The number of benzene rings is 1. The minimum Gasteiger partial charge on any atom is -0.340 e. The molecular weight excluding hydrogens is 402 g/mol. The van der Waals surface area contributed by atoms with Gasteiger partial charge in [-0.3, -0.25) is 19.5 Å². The molecule has 2 N–H and O–H groups in total. The van der Waals surface area contributed by atoms with Crippen LogP contribution >= 0.6 is 0 Å². The van der Waals surface area contributed by atoms with E-state index in [4.69, 9.17) is 5.84 Å². The van der Waals surface area contributed by atoms with E-state index in [0.717, 1.165) is 89.9 Å². The summed E-state index contributed by atoms with van der Waals surface area (Å²) >= 11 is 0. The summed E-state index contributed by atoms with van der Waals surface area (Å²) < 4.78 is 0. The van der Waals surface area contributed by atoms with Gasteiger partial charge in [-0.15, -0.1) is 0 Å². The number of likely N-dealkylation sites (N-methyl/N-ethyl adjacent to an activating group) is 1. The fourth-order valence-electron chi connectivity index (χ4n) is 5.36. The van der Waals surface area contributed by atoms with E-state index < -0.39 is 0 Å². The zero-order valence-electron chi connectivity index (χ0n) is 19.5. The van der Waals surface area contributed by atoms with Crippen LogP contribution in [-0.2, 0) is 11.3 Å². The van der Waals surface area contributed by atoms with Gasteiger partial charge in [0.25, 0.3) is 5.91 Å². The maximum Gasteiger partial charge on any atom is 0.268 e. The number of piperidine rings is 1. The molecule has 7 nitrogen and oxygen atoms in total. The van der Waals surface area contributed by atoms with Crippen molar-refractivity contribution in [3.8, 4) is 0 Å². The maximum absolute atomic E-state index is 12.9. The lowest BCUT2D eigenvalue weighted by molar-refractivity contribution is -0.138. The molecule has 2 heterocycles. The highest BCUT2D eigenvalue weighted by atomic mass is 16.2. The molecule has 32 heavy (non-hydrogen) atoms. The summed E-state index contributed by atoms with van der Waals surface area (Å²) in [4.78, 5) is 32.5. The van der Waals surface area contributed by atoms with E-state index in [1.165, 1.54) is 11.4 Å². The number of carbonyl (C=O) groups excluding carboxylic acids is 2. The van der Waals surface area contributed by atoms with Gasteiger partial charge in [-0.2, -0.15) is 0 Å². The quantitative estimate of drug-likeness (QED) is 0.431. The normalized spacial score (nSPS) is 22.1. The molecule has 0 bridgehead atoms. The first kappa shape index (κ1) is 23.2. The van der Waals surface area contributed by atoms with E-state index in [1.807, 2.05) is 18.2 Å². The van der Waals surface area contributed by atoms with Crippen molar-refractivity contribution in [3.05, 3.63) is 35.4 Å². The Morgan fingerprint density at radius 1 is 0.969 bits per heavy atom. The van der Waals surface area contributed by atoms with Gasteiger partial charge in [-0.1, -0.05) is 31.4 Å². The molecule has 3 fully saturated rings. The summed E-state index contributed by atoms with van der Waals surface area (Å²) in [5.74, 6) is 6.63. The predicted octanol–water partition coefficient (Wildman–Crippen LogP) is 2.32. The third-order valence-electron chi connectivity index (χ3n) is 7.53. The topological polar surface area (TPSA) is 73.1 Å². The van der Waals surface area contributed by atoms with Crippen molar-refractivity contribution in [3.63, 3.8) is 0 Å². The van der Waals surface area contributed by atoms with Crippen LogP contribution in [0.2, 0.25) is 0 Å². The van der Waals surface area contributed by atoms with Crippen molar-refractivity contribution in [1.82, 2.24) is 19.7 Å². The average molecular weight is 442 g/mol. The zero-order valence-corrected chi connectivity index (χ0v) is 19.5. The van der Waals surface area contributed by atoms with Crippen LogP contribution in [0.15, 0.2) is 24.3 Å². The number of piperazine rings is 1. The fraction of sp³-hybridized carbons (Fsp3) is 0.680. The summed E-state index contributed by atoms with van der Waals surface area (Å²) in [6.45, 7) is 6.32. The van der Waals surface area contributed by atoms with Crippen LogP contribution in [0.4, 0.5) is 0 Å². The Hall–Kier alpha value is -1.96. The summed E-state index contributed by atoms with van der Waals surface area (Å²) in [7, 11) is 2.11. The molecule has 0 radical (unpaired) electrons. The number of rotatable bonds is 5. The van der Waals surface area contributed by atoms with E-state index in [-0.39, 0.29) is 17.9 Å². The molecule has 4 rings (SSSR count). The lowest BCUT2D eigenvalue weighted by Gasteiger charge is -2.37. The molecule has 0 spiro atoms. The highest BCUT2D eigenvalue weighted by Crippen LogP contribution is 2.24. The van der Waals surface area contributed by atoms with Gasteiger partial charge in [0.1, 0.15) is 0 Å². The van der Waals surface area contributed by atoms with Crippen molar-refractivity contribution >= 4 is 11.8 Å². The third kappa shape index (κ3) is 5.69. The SMILES string of the molecule is CN1CCN(C(=O)C2CCN(Cc3cccc(C(=O)N(N)C4CCCCC4)c3)CC2)CC1. The van der Waals surface area contributed by atoms with Crippen LogP contribution in [0, 0.1) is 5.92 Å². The Bertz CT molecular complexity index is 778. The van der Waals surface area contributed by atoms with Crippen molar-refractivity contribution in [1.29, 1.82) is 0 Å². The number of likely N-dealkylation sites (tertiary alicyclic amines) is 1. The lowest BCUT2D eigenvalue weighted by Crippen LogP contribution is -2.50. The monoisotopic (exact) mass is 441 g/mol. The minimum atomic E-state index is -0.0739. The molecule has 2 saturated heterocycles. The van der Waals surface area contributed by atoms with Crippen molar-refractivity contribution < 1.29 is 9.59 Å². The van der Waals surface area contributed by atoms with E-state index in [0.29, 0.717) is 11.5 Å². The smallest absolute Gasteiger partial charge is 0.268 e. The van der Waals surface area contributed by atoms with E-state index in [1.54, 1.807) is 0 Å². The number of amides is 2. The number of hydrogen-bond acceptors (Lipinski definition) is 5. The number of hydrazine groups is 1. The standard InChI is InChI=1S/C25H39N5O2/c1-27-14-16-29(17-15-27)24(31)21-10-12-28(13-11-21)19-20-6-5-7-22(18-20)25(32)30(26)23-8-3-2-4-9-23/h5-7,18,21,23H,2-4,8-17,19,26H2,1H3. The van der Waals surface area contributed by atoms with Crippen LogP contribution in [0.3, 0.4) is 0 Å². The molecule has 0 aromatic heterocycles. The van der Waals surface area contributed by atoms with E-state index in [9.17, 15) is 9.59 Å². The second kappa shape index (κ2) is 10.8. The molecule has 1 aliphatic carbocycles. The van der Waals surface area contributed by atoms with Gasteiger partial charge >= 0.3 is 0 Å². The Kier molecular flexibility index (Phi) is 7.81. The van der Waals surface area contributed by atoms with Gasteiger partial charge in [0.15, 0.2) is 0 Å². The van der Waals surface area contributed by atoms with Gasteiger partial charge in [-0.05, 0) is 63.5 Å². The Labute approximate surface area is 192 Å². The number of nitrogens with two attached hydrogens (primary N) is 1. The van der Waals surface area contributed by atoms with Crippen molar-refractivity contribution in [2.45, 2.75) is 57.5 Å². The minimum absolute atomic E-state index is 0.0739. The summed E-state index contributed by atoms with van der Waals surface area (Å²) in [5.41, 5.74) is 1.81. The number of carbonyl (C=O) groups is 2. The predicted molar refractivity (Wildman–Crippen MR) is 126 cm³/mol. The van der Waals surface area contributed by atoms with Crippen LogP contribution in [0.5, 0.6) is 0 Å². The zero-order chi connectivity index (χ0) is 22.5. The lowest BCUT2D eigenvalue weighted by atomic mass is 9.94. The van der Waals surface area contributed by atoms with Gasteiger partial charge in [-0.25, -0.2) is 5.84 Å². The van der Waals surface area contributed by atoms with E-state index >= 15 is 0 Å². The first-order chi connectivity index (χ1) is 15.5. The Morgan fingerprint density at radius 2 is 1.66 bits per heavy atom. The first-order valence-corrected chi connectivity index (χ1v) is 12.4. The van der Waals surface area contributed by atoms with Crippen molar-refractivity contribution in [2.24, 2.45) is 11.8 Å². The first-order valence-electron chi connectivity index (χ1n) is 12.4. The summed E-state index contributed by atoms with van der Waals surface area (Å²) in [6.07, 6.45) is 7.39. The molecule has 2 aliphatic heterocycles. The van der Waals surface area contributed by atoms with Gasteiger partial charge in [0.05, 0.1) is 0 Å². The number of hydrogen-bond donors (Lipinski definition) is 1.